The molecule has 0 saturated carbocycles. The zero-order valence-electron chi connectivity index (χ0n) is 8.46. The molecule has 0 spiro atoms. The molecule has 1 aromatic carbocycles. The number of hydrogen-bond donors (Lipinski definition) is 1. The summed E-state index contributed by atoms with van der Waals surface area (Å²) in [5.74, 6) is -0.154. The predicted octanol–water partition coefficient (Wildman–Crippen LogP) is 3.03. The molecule has 2 rings (SSSR count). The van der Waals surface area contributed by atoms with Crippen molar-refractivity contribution in [3.05, 3.63) is 35.6 Å². The van der Waals surface area contributed by atoms with E-state index < -0.39 is 0 Å². The van der Waals surface area contributed by atoms with Gasteiger partial charge in [0.2, 0.25) is 0 Å². The molecule has 0 bridgehead atoms. The van der Waals surface area contributed by atoms with E-state index in [1.165, 1.54) is 37.0 Å². The molecule has 0 unspecified atom stereocenters. The van der Waals surface area contributed by atoms with Crippen LogP contribution in [0.5, 0.6) is 0 Å². The summed E-state index contributed by atoms with van der Waals surface area (Å²) >= 11 is 0. The Labute approximate surface area is 84.3 Å². The minimum absolute atomic E-state index is 0.154. The highest BCUT2D eigenvalue weighted by Gasteiger charge is 2.23. The van der Waals surface area contributed by atoms with E-state index in [1.54, 1.807) is 0 Å². The Morgan fingerprint density at radius 2 is 2.00 bits per heavy atom. The van der Waals surface area contributed by atoms with Gasteiger partial charge in [0.15, 0.2) is 0 Å². The van der Waals surface area contributed by atoms with E-state index in [1.807, 2.05) is 12.1 Å². The maximum Gasteiger partial charge on any atom is 0.123 e. The van der Waals surface area contributed by atoms with E-state index in [0.717, 1.165) is 0 Å². The Morgan fingerprint density at radius 3 is 2.57 bits per heavy atom. The summed E-state index contributed by atoms with van der Waals surface area (Å²) in [6.07, 6.45) is 3.58. The van der Waals surface area contributed by atoms with Gasteiger partial charge in [-0.2, -0.15) is 0 Å². The van der Waals surface area contributed by atoms with Crippen molar-refractivity contribution in [2.24, 2.45) is 0 Å². The summed E-state index contributed by atoms with van der Waals surface area (Å²) in [4.78, 5) is 0. The minimum atomic E-state index is -0.154. The minimum Gasteiger partial charge on any atom is -0.307 e. The molecule has 1 aromatic rings. The van der Waals surface area contributed by atoms with Crippen molar-refractivity contribution < 1.29 is 4.39 Å². The number of benzene rings is 1. The fourth-order valence-electron chi connectivity index (χ4n) is 2.10. The lowest BCUT2D eigenvalue weighted by atomic mass is 10.1. The second-order valence-corrected chi connectivity index (χ2v) is 3.95. The Morgan fingerprint density at radius 1 is 1.29 bits per heavy atom. The highest BCUT2D eigenvalue weighted by Crippen LogP contribution is 2.27. The maximum absolute atomic E-state index is 12.7. The molecule has 1 saturated heterocycles. The van der Waals surface area contributed by atoms with Gasteiger partial charge in [-0.1, -0.05) is 19.1 Å². The molecule has 0 radical (unpaired) electrons. The third kappa shape index (κ3) is 1.95. The van der Waals surface area contributed by atoms with Gasteiger partial charge in [0, 0.05) is 12.1 Å². The van der Waals surface area contributed by atoms with Gasteiger partial charge in [0.25, 0.3) is 0 Å². The first kappa shape index (κ1) is 9.66. The highest BCUT2D eigenvalue weighted by atomic mass is 19.1. The lowest BCUT2D eigenvalue weighted by Gasteiger charge is -2.13. The van der Waals surface area contributed by atoms with Gasteiger partial charge in [-0.3, -0.25) is 0 Å². The SMILES string of the molecule is CC[C@@H]1CC[C@H](c2ccc(F)cc2)N1. The first-order chi connectivity index (χ1) is 6.79. The topological polar surface area (TPSA) is 12.0 Å². The summed E-state index contributed by atoms with van der Waals surface area (Å²) in [5, 5.41) is 3.55. The molecule has 1 aliphatic rings. The van der Waals surface area contributed by atoms with Gasteiger partial charge in [-0.05, 0) is 37.0 Å². The summed E-state index contributed by atoms with van der Waals surface area (Å²) in [6, 6.07) is 7.91. The van der Waals surface area contributed by atoms with E-state index in [-0.39, 0.29) is 5.82 Å². The average Bonchev–Trinajstić information content (AvgIpc) is 2.67. The molecule has 2 heteroatoms. The molecule has 0 aliphatic carbocycles. The second kappa shape index (κ2) is 4.09. The van der Waals surface area contributed by atoms with Gasteiger partial charge in [-0.15, -0.1) is 0 Å². The van der Waals surface area contributed by atoms with Gasteiger partial charge < -0.3 is 5.32 Å². The fourth-order valence-corrected chi connectivity index (χ4v) is 2.10. The Hall–Kier alpha value is -0.890. The molecule has 1 nitrogen and oxygen atoms in total. The summed E-state index contributed by atoms with van der Waals surface area (Å²) in [5.41, 5.74) is 1.21. The Bertz CT molecular complexity index is 294. The Kier molecular flexibility index (Phi) is 2.82. The van der Waals surface area contributed by atoms with Crippen molar-refractivity contribution >= 4 is 0 Å². The van der Waals surface area contributed by atoms with E-state index in [9.17, 15) is 4.39 Å². The lowest BCUT2D eigenvalue weighted by Crippen LogP contribution is -2.23. The summed E-state index contributed by atoms with van der Waals surface area (Å²) < 4.78 is 12.7. The summed E-state index contributed by atoms with van der Waals surface area (Å²) in [6.45, 7) is 2.20. The van der Waals surface area contributed by atoms with Crippen LogP contribution in [0.25, 0.3) is 0 Å². The van der Waals surface area contributed by atoms with Crippen molar-refractivity contribution in [3.63, 3.8) is 0 Å². The van der Waals surface area contributed by atoms with E-state index in [4.69, 9.17) is 0 Å². The first-order valence-electron chi connectivity index (χ1n) is 5.31. The van der Waals surface area contributed by atoms with Crippen LogP contribution in [0.3, 0.4) is 0 Å². The zero-order chi connectivity index (χ0) is 9.97. The molecular weight excluding hydrogens is 177 g/mol. The van der Waals surface area contributed by atoms with Crippen molar-refractivity contribution in [2.75, 3.05) is 0 Å². The molecule has 76 valence electrons. The highest BCUT2D eigenvalue weighted by molar-refractivity contribution is 5.21. The van der Waals surface area contributed by atoms with Crippen molar-refractivity contribution in [3.8, 4) is 0 Å². The van der Waals surface area contributed by atoms with Crippen molar-refractivity contribution in [1.82, 2.24) is 5.32 Å². The molecule has 1 aliphatic heterocycles. The number of hydrogen-bond acceptors (Lipinski definition) is 1. The molecule has 14 heavy (non-hydrogen) atoms. The van der Waals surface area contributed by atoms with Crippen LogP contribution in [0.1, 0.15) is 37.8 Å². The smallest absolute Gasteiger partial charge is 0.123 e. The normalized spacial score (nSPS) is 26.7. The first-order valence-corrected chi connectivity index (χ1v) is 5.31. The largest absolute Gasteiger partial charge is 0.307 e. The van der Waals surface area contributed by atoms with Gasteiger partial charge in [-0.25, -0.2) is 4.39 Å². The van der Waals surface area contributed by atoms with Crippen LogP contribution in [-0.2, 0) is 0 Å². The van der Waals surface area contributed by atoms with Gasteiger partial charge >= 0.3 is 0 Å². The third-order valence-corrected chi connectivity index (χ3v) is 3.01. The van der Waals surface area contributed by atoms with Gasteiger partial charge in [0.05, 0.1) is 0 Å². The van der Waals surface area contributed by atoms with Crippen LogP contribution >= 0.6 is 0 Å². The number of halogens is 1. The molecule has 2 atom stereocenters. The molecule has 1 N–H and O–H groups in total. The van der Waals surface area contributed by atoms with Crippen molar-refractivity contribution in [1.29, 1.82) is 0 Å². The molecule has 0 aromatic heterocycles. The Balaban J connectivity index is 2.06. The quantitative estimate of drug-likeness (QED) is 0.761. The van der Waals surface area contributed by atoms with Crippen LogP contribution in [-0.4, -0.2) is 6.04 Å². The average molecular weight is 193 g/mol. The summed E-state index contributed by atoms with van der Waals surface area (Å²) in [7, 11) is 0. The molecular formula is C12H16FN. The van der Waals surface area contributed by atoms with Crippen LogP contribution in [0.2, 0.25) is 0 Å². The third-order valence-electron chi connectivity index (χ3n) is 3.01. The zero-order valence-corrected chi connectivity index (χ0v) is 8.46. The monoisotopic (exact) mass is 193 g/mol. The molecule has 0 amide bonds. The standard InChI is InChI=1S/C12H16FN/c1-2-11-7-8-12(14-11)9-3-5-10(13)6-4-9/h3-6,11-12,14H,2,7-8H2,1H3/t11-,12-/m1/s1. The number of nitrogens with one attached hydrogen (secondary N) is 1. The second-order valence-electron chi connectivity index (χ2n) is 3.95. The lowest BCUT2D eigenvalue weighted by molar-refractivity contribution is 0.539. The van der Waals surface area contributed by atoms with Crippen LogP contribution in [0, 0.1) is 5.82 Å². The maximum atomic E-state index is 12.7. The van der Waals surface area contributed by atoms with Crippen LogP contribution in [0.15, 0.2) is 24.3 Å². The van der Waals surface area contributed by atoms with E-state index >= 15 is 0 Å². The predicted molar refractivity (Wildman–Crippen MR) is 55.6 cm³/mol. The van der Waals surface area contributed by atoms with E-state index in [0.29, 0.717) is 12.1 Å². The van der Waals surface area contributed by atoms with Crippen LogP contribution < -0.4 is 5.32 Å². The number of rotatable bonds is 2. The molecule has 1 fully saturated rings. The van der Waals surface area contributed by atoms with Gasteiger partial charge in [0.1, 0.15) is 5.82 Å². The van der Waals surface area contributed by atoms with Crippen LogP contribution in [0.4, 0.5) is 4.39 Å². The molecule has 1 heterocycles. The fraction of sp³-hybridized carbons (Fsp3) is 0.500. The van der Waals surface area contributed by atoms with Crippen molar-refractivity contribution in [2.45, 2.75) is 38.3 Å². The van der Waals surface area contributed by atoms with E-state index in [2.05, 4.69) is 12.2 Å².